The van der Waals surface area contributed by atoms with Crippen LogP contribution in [0.15, 0.2) is 0 Å². The van der Waals surface area contributed by atoms with E-state index in [2.05, 4.69) is 30.2 Å². The molecule has 0 fully saturated rings. The number of thiocarbonyl (C=S) groups is 1. The van der Waals surface area contributed by atoms with Crippen molar-refractivity contribution in [3.05, 3.63) is 0 Å². The van der Waals surface area contributed by atoms with Crippen molar-refractivity contribution in [2.75, 3.05) is 14.2 Å². The Morgan fingerprint density at radius 1 is 1.50 bits per heavy atom. The third-order valence-corrected chi connectivity index (χ3v) is 1.31. The van der Waals surface area contributed by atoms with E-state index in [4.69, 9.17) is 9.47 Å². The molecule has 1 N–H and O–H groups in total. The average Bonchev–Trinajstić information content (AvgIpc) is 1.87. The highest BCUT2D eigenvalue weighted by molar-refractivity contribution is 8.00. The van der Waals surface area contributed by atoms with E-state index in [-0.39, 0.29) is 4.32 Å². The third kappa shape index (κ3) is 3.26. The summed E-state index contributed by atoms with van der Waals surface area (Å²) in [5, 5.41) is 2.66. The van der Waals surface area contributed by atoms with Crippen molar-refractivity contribution in [3.8, 4) is 0 Å². The first-order valence-corrected chi connectivity index (χ1v) is 3.45. The zero-order valence-electron chi connectivity index (χ0n) is 6.13. The molecule has 0 aliphatic heterocycles. The Morgan fingerprint density at radius 2 is 1.90 bits per heavy atom. The van der Waals surface area contributed by atoms with Crippen LogP contribution < -0.4 is 5.32 Å². The van der Waals surface area contributed by atoms with Crippen LogP contribution in [0.1, 0.15) is 6.92 Å². The minimum Gasteiger partial charge on any atom is -0.411 e. The first kappa shape index (κ1) is 10.0. The Morgan fingerprint density at radius 3 is 2.00 bits per heavy atom. The Hall–Kier alpha value is 0.0300. The minimum absolute atomic E-state index is 0.228. The van der Waals surface area contributed by atoms with Crippen molar-refractivity contribution in [2.24, 2.45) is 0 Å². The Labute approximate surface area is 71.5 Å². The van der Waals surface area contributed by atoms with Crippen LogP contribution in [-0.2, 0) is 22.1 Å². The predicted molar refractivity (Wildman–Crippen MR) is 45.5 cm³/mol. The van der Waals surface area contributed by atoms with Crippen LogP contribution in [0.3, 0.4) is 0 Å². The van der Waals surface area contributed by atoms with E-state index in [1.165, 1.54) is 14.2 Å². The fraction of sp³-hybridized carbons (Fsp3) is 0.800. The maximum absolute atomic E-state index is 4.91. The molecule has 0 spiro atoms. The monoisotopic (exact) mass is 180 g/mol. The van der Waals surface area contributed by atoms with Crippen LogP contribution in [0.25, 0.3) is 0 Å². The molecule has 0 saturated carbocycles. The van der Waals surface area contributed by atoms with Crippen molar-refractivity contribution in [3.63, 3.8) is 0 Å². The molecule has 5 heteroatoms. The van der Waals surface area contributed by atoms with Crippen LogP contribution in [-0.4, -0.2) is 24.5 Å². The van der Waals surface area contributed by atoms with Gasteiger partial charge in [0.15, 0.2) is 0 Å². The number of methoxy groups -OCH3 is 2. The second-order valence-corrected chi connectivity index (χ2v) is 2.84. The largest absolute Gasteiger partial charge is 0.411 e. The maximum Gasteiger partial charge on any atom is 0.244 e. The van der Waals surface area contributed by atoms with Crippen molar-refractivity contribution < 1.29 is 9.47 Å². The molecular weight excluding hydrogens is 170 g/mol. The molecule has 60 valence electrons. The molecule has 0 rings (SSSR count). The van der Waals surface area contributed by atoms with Gasteiger partial charge in [-0.2, -0.15) is 0 Å². The molecule has 0 saturated heterocycles. The highest BCUT2D eigenvalue weighted by atomic mass is 32.1. The smallest absolute Gasteiger partial charge is 0.244 e. The summed E-state index contributed by atoms with van der Waals surface area (Å²) in [6.07, 6.45) is 0. The van der Waals surface area contributed by atoms with E-state index in [1.54, 1.807) is 6.92 Å². The number of rotatable bonds is 3. The second-order valence-electron chi connectivity index (χ2n) is 1.77. The predicted octanol–water partition coefficient (Wildman–Crippen LogP) is 0.374. The molecule has 0 amide bonds. The van der Waals surface area contributed by atoms with Gasteiger partial charge < -0.3 is 39.6 Å². The average molecular weight is 180 g/mol. The van der Waals surface area contributed by atoms with Gasteiger partial charge in [-0.3, -0.25) is 0 Å². The number of hydrogen-bond donors (Lipinski definition) is 1. The molecule has 0 bridgehead atoms. The lowest BCUT2D eigenvalue weighted by Crippen LogP contribution is -2.47. The summed E-state index contributed by atoms with van der Waals surface area (Å²) in [5.41, 5.74) is 0. The summed E-state index contributed by atoms with van der Waals surface area (Å²) < 4.78 is 10.0. The molecule has 0 aromatic rings. The van der Waals surface area contributed by atoms with E-state index < -0.39 is 5.91 Å². The molecule has 0 atom stereocenters. The molecule has 0 aromatic heterocycles. The molecule has 0 unspecified atom stereocenters. The van der Waals surface area contributed by atoms with Gasteiger partial charge in [0.05, 0.1) is 0 Å². The van der Waals surface area contributed by atoms with E-state index in [1.807, 2.05) is 0 Å². The molecule has 0 aromatic carbocycles. The molecule has 0 aliphatic rings. The van der Waals surface area contributed by atoms with Crippen molar-refractivity contribution >= 4 is 29.2 Å². The van der Waals surface area contributed by atoms with Crippen LogP contribution in [0, 0.1) is 0 Å². The van der Waals surface area contributed by atoms with E-state index >= 15 is 0 Å². The standard InChI is InChI=1S/C5H11NO2S2/c1-5(7-2,8-3)6-4(9)10/h1-3H3,(H2,6,9,10)/p-1. The van der Waals surface area contributed by atoms with E-state index in [0.717, 1.165) is 0 Å². The lowest BCUT2D eigenvalue weighted by Gasteiger charge is -2.29. The SMILES string of the molecule is COC(C)(NC(=S)[S-])OC. The van der Waals surface area contributed by atoms with Gasteiger partial charge in [-0.25, -0.2) is 0 Å². The van der Waals surface area contributed by atoms with Gasteiger partial charge in [0.25, 0.3) is 0 Å². The van der Waals surface area contributed by atoms with Gasteiger partial charge in [-0.05, 0) is 0 Å². The number of ether oxygens (including phenoxy) is 2. The van der Waals surface area contributed by atoms with Gasteiger partial charge in [0, 0.05) is 21.1 Å². The Bertz CT molecular complexity index is 125. The summed E-state index contributed by atoms with van der Waals surface area (Å²) in [5.74, 6) is -0.890. The molecule has 3 nitrogen and oxygen atoms in total. The number of nitrogens with one attached hydrogen (secondary N) is 1. The minimum atomic E-state index is -0.890. The van der Waals surface area contributed by atoms with Crippen molar-refractivity contribution in [1.82, 2.24) is 5.32 Å². The Balaban J connectivity index is 3.92. The van der Waals surface area contributed by atoms with E-state index in [9.17, 15) is 0 Å². The van der Waals surface area contributed by atoms with Gasteiger partial charge in [-0.1, -0.05) is 4.32 Å². The van der Waals surface area contributed by atoms with Crippen molar-refractivity contribution in [1.29, 1.82) is 0 Å². The zero-order chi connectivity index (χ0) is 8.20. The fourth-order valence-corrected chi connectivity index (χ4v) is 0.742. The van der Waals surface area contributed by atoms with Gasteiger partial charge in [-0.15, -0.1) is 0 Å². The Kier molecular flexibility index (Phi) is 4.04. The van der Waals surface area contributed by atoms with Gasteiger partial charge in [0.1, 0.15) is 0 Å². The lowest BCUT2D eigenvalue weighted by atomic mass is 10.5. The third-order valence-electron chi connectivity index (χ3n) is 1.11. The maximum atomic E-state index is 4.91. The highest BCUT2D eigenvalue weighted by Gasteiger charge is 2.19. The summed E-state index contributed by atoms with van der Waals surface area (Å²) >= 11 is 9.24. The highest BCUT2D eigenvalue weighted by Crippen LogP contribution is 2.03. The summed E-state index contributed by atoms with van der Waals surface area (Å²) in [6.45, 7) is 1.69. The van der Waals surface area contributed by atoms with Crippen LogP contribution in [0.5, 0.6) is 0 Å². The summed E-state index contributed by atoms with van der Waals surface area (Å²) in [4.78, 5) is 0. The zero-order valence-corrected chi connectivity index (χ0v) is 7.77. The van der Waals surface area contributed by atoms with Gasteiger partial charge in [0.2, 0.25) is 5.91 Å². The quantitative estimate of drug-likeness (QED) is 0.385. The van der Waals surface area contributed by atoms with Gasteiger partial charge >= 0.3 is 0 Å². The van der Waals surface area contributed by atoms with Crippen LogP contribution in [0.2, 0.25) is 0 Å². The molecule has 0 heterocycles. The fourth-order valence-electron chi connectivity index (χ4n) is 0.371. The second kappa shape index (κ2) is 4.02. The van der Waals surface area contributed by atoms with Crippen LogP contribution in [0.4, 0.5) is 0 Å². The molecule has 0 radical (unpaired) electrons. The first-order valence-electron chi connectivity index (χ1n) is 2.63. The first-order chi connectivity index (χ1) is 4.54. The van der Waals surface area contributed by atoms with Crippen LogP contribution >= 0.6 is 12.2 Å². The lowest BCUT2D eigenvalue weighted by molar-refractivity contribution is -0.202. The molecule has 0 aliphatic carbocycles. The topological polar surface area (TPSA) is 30.5 Å². The molecular formula is C5H10NO2S2-. The molecule has 10 heavy (non-hydrogen) atoms. The summed E-state index contributed by atoms with van der Waals surface area (Å²) in [6, 6.07) is 0. The van der Waals surface area contributed by atoms with Crippen molar-refractivity contribution in [2.45, 2.75) is 12.8 Å². The normalized spacial score (nSPS) is 11.1. The summed E-state index contributed by atoms with van der Waals surface area (Å²) in [7, 11) is 3.01. The number of hydrogen-bond acceptors (Lipinski definition) is 4. The van der Waals surface area contributed by atoms with E-state index in [0.29, 0.717) is 0 Å².